The molecular formula is C19H16F3NO3. The molecule has 0 heterocycles. The van der Waals surface area contributed by atoms with Crippen molar-refractivity contribution >= 4 is 11.9 Å². The van der Waals surface area contributed by atoms with Gasteiger partial charge in [0.25, 0.3) is 0 Å². The first-order chi connectivity index (χ1) is 12.3. The lowest BCUT2D eigenvalue weighted by Gasteiger charge is -2.12. The summed E-state index contributed by atoms with van der Waals surface area (Å²) in [6.45, 7) is 0. The molecule has 0 spiro atoms. The third kappa shape index (κ3) is 4.04. The van der Waals surface area contributed by atoms with E-state index in [0.717, 1.165) is 6.07 Å². The number of rotatable bonds is 5. The number of carboxylic acid groups (broad SMARTS) is 1. The van der Waals surface area contributed by atoms with E-state index in [1.54, 1.807) is 18.2 Å². The normalized spacial score (nSPS) is 19.0. The molecule has 2 atom stereocenters. The van der Waals surface area contributed by atoms with Crippen LogP contribution < -0.4 is 5.32 Å². The van der Waals surface area contributed by atoms with Crippen LogP contribution in [0.1, 0.15) is 39.4 Å². The smallest absolute Gasteiger partial charge is 0.416 e. The summed E-state index contributed by atoms with van der Waals surface area (Å²) in [6, 6.07) is 11.0. The number of carbonyl (C=O) groups is 2. The molecule has 136 valence electrons. The molecule has 0 bridgehead atoms. The number of nitrogens with one attached hydrogen (secondary N) is 1. The molecule has 1 saturated carbocycles. The van der Waals surface area contributed by atoms with Crippen molar-refractivity contribution < 1.29 is 27.9 Å². The zero-order valence-electron chi connectivity index (χ0n) is 13.6. The number of hydrogen-bond acceptors (Lipinski definition) is 2. The highest BCUT2D eigenvalue weighted by Crippen LogP contribution is 2.46. The van der Waals surface area contributed by atoms with Gasteiger partial charge in [-0.05, 0) is 35.7 Å². The van der Waals surface area contributed by atoms with Crippen molar-refractivity contribution in [2.75, 3.05) is 0 Å². The molecule has 0 aromatic heterocycles. The van der Waals surface area contributed by atoms with Gasteiger partial charge in [-0.2, -0.15) is 13.2 Å². The maximum Gasteiger partial charge on any atom is 0.416 e. The number of hydrogen-bond donors (Lipinski definition) is 2. The average molecular weight is 363 g/mol. The van der Waals surface area contributed by atoms with Crippen molar-refractivity contribution in [2.45, 2.75) is 31.0 Å². The van der Waals surface area contributed by atoms with Gasteiger partial charge < -0.3 is 10.4 Å². The molecule has 2 aromatic rings. The van der Waals surface area contributed by atoms with Crippen LogP contribution in [0.2, 0.25) is 0 Å². The molecule has 26 heavy (non-hydrogen) atoms. The maximum absolute atomic E-state index is 13.1. The van der Waals surface area contributed by atoms with Gasteiger partial charge in [-0.25, -0.2) is 4.79 Å². The zero-order valence-corrected chi connectivity index (χ0v) is 13.6. The van der Waals surface area contributed by atoms with Crippen molar-refractivity contribution in [3.8, 4) is 0 Å². The molecule has 2 N–H and O–H groups in total. The molecule has 2 unspecified atom stereocenters. The van der Waals surface area contributed by atoms with Gasteiger partial charge in [0.05, 0.1) is 17.5 Å². The van der Waals surface area contributed by atoms with Gasteiger partial charge in [0, 0.05) is 12.0 Å². The summed E-state index contributed by atoms with van der Waals surface area (Å²) in [5.41, 5.74) is 0.308. The molecule has 0 radical (unpaired) electrons. The Morgan fingerprint density at radius 2 is 1.73 bits per heavy atom. The zero-order chi connectivity index (χ0) is 18.9. The summed E-state index contributed by atoms with van der Waals surface area (Å²) in [4.78, 5) is 22.9. The second-order valence-corrected chi connectivity index (χ2v) is 6.28. The van der Waals surface area contributed by atoms with E-state index in [1.165, 1.54) is 24.3 Å². The summed E-state index contributed by atoms with van der Waals surface area (Å²) in [7, 11) is 0. The number of aromatic carboxylic acids is 1. The van der Waals surface area contributed by atoms with E-state index in [9.17, 15) is 22.8 Å². The van der Waals surface area contributed by atoms with Gasteiger partial charge in [-0.1, -0.05) is 30.3 Å². The van der Waals surface area contributed by atoms with E-state index in [2.05, 4.69) is 5.32 Å². The summed E-state index contributed by atoms with van der Waals surface area (Å²) in [5.74, 6) is -1.69. The van der Waals surface area contributed by atoms with E-state index in [4.69, 9.17) is 5.11 Å². The van der Waals surface area contributed by atoms with Gasteiger partial charge >= 0.3 is 12.1 Å². The first-order valence-electron chi connectivity index (χ1n) is 8.03. The van der Waals surface area contributed by atoms with E-state index in [1.807, 2.05) is 0 Å². The Bertz CT molecular complexity index is 831. The standard InChI is InChI=1S/C19H16F3NO3/c20-19(21,22)15-4-2-1-3-13(15)14-10-16(14)23-17(24)9-11-5-7-12(8-6-11)18(25)26/h1-8,14,16H,9-10H2,(H,23,24)(H,25,26). The Labute approximate surface area is 147 Å². The van der Waals surface area contributed by atoms with Crippen molar-refractivity contribution in [2.24, 2.45) is 0 Å². The summed E-state index contributed by atoms with van der Waals surface area (Å²) < 4.78 is 39.2. The minimum atomic E-state index is -4.42. The lowest BCUT2D eigenvalue weighted by molar-refractivity contribution is -0.138. The Morgan fingerprint density at radius 3 is 2.35 bits per heavy atom. The van der Waals surface area contributed by atoms with E-state index >= 15 is 0 Å². The Balaban J connectivity index is 1.60. The van der Waals surface area contributed by atoms with Crippen molar-refractivity contribution in [1.29, 1.82) is 0 Å². The van der Waals surface area contributed by atoms with Gasteiger partial charge in [0.2, 0.25) is 5.91 Å². The van der Waals surface area contributed by atoms with Crippen LogP contribution in [0, 0.1) is 0 Å². The minimum Gasteiger partial charge on any atom is -0.478 e. The topological polar surface area (TPSA) is 66.4 Å². The van der Waals surface area contributed by atoms with Crippen LogP contribution in [0.25, 0.3) is 0 Å². The lowest BCUT2D eigenvalue weighted by atomic mass is 10.0. The second-order valence-electron chi connectivity index (χ2n) is 6.28. The fourth-order valence-corrected chi connectivity index (χ4v) is 2.99. The number of carbonyl (C=O) groups excluding carboxylic acids is 1. The number of benzene rings is 2. The van der Waals surface area contributed by atoms with Gasteiger partial charge in [-0.3, -0.25) is 4.79 Å². The summed E-state index contributed by atoms with van der Waals surface area (Å²) in [6.07, 6.45) is -3.90. The van der Waals surface area contributed by atoms with Gasteiger partial charge in [0.1, 0.15) is 0 Å². The number of halogens is 3. The van der Waals surface area contributed by atoms with Crippen molar-refractivity contribution in [3.63, 3.8) is 0 Å². The highest BCUT2D eigenvalue weighted by Gasteiger charge is 2.44. The van der Waals surface area contributed by atoms with Gasteiger partial charge in [0.15, 0.2) is 0 Å². The minimum absolute atomic E-state index is 0.0457. The van der Waals surface area contributed by atoms with Crippen LogP contribution >= 0.6 is 0 Å². The molecule has 4 nitrogen and oxygen atoms in total. The predicted octanol–water partition coefficient (Wildman–Crippen LogP) is 3.62. The Kier molecular flexibility index (Phi) is 4.71. The van der Waals surface area contributed by atoms with Crippen molar-refractivity contribution in [1.82, 2.24) is 5.32 Å². The predicted molar refractivity (Wildman–Crippen MR) is 87.8 cm³/mol. The lowest BCUT2D eigenvalue weighted by Crippen LogP contribution is -2.28. The SMILES string of the molecule is O=C(Cc1ccc(C(=O)O)cc1)NC1CC1c1ccccc1C(F)(F)F. The van der Waals surface area contributed by atoms with Crippen molar-refractivity contribution in [3.05, 3.63) is 70.8 Å². The first-order valence-corrected chi connectivity index (χ1v) is 8.03. The summed E-state index contributed by atoms with van der Waals surface area (Å²) in [5, 5.41) is 11.6. The third-order valence-corrected chi connectivity index (χ3v) is 4.37. The maximum atomic E-state index is 13.1. The van der Waals surface area contributed by atoms with Crippen LogP contribution in [0.5, 0.6) is 0 Å². The first kappa shape index (κ1) is 18.0. The summed E-state index contributed by atoms with van der Waals surface area (Å²) >= 11 is 0. The molecule has 7 heteroatoms. The molecule has 0 aliphatic heterocycles. The molecule has 2 aromatic carbocycles. The second kappa shape index (κ2) is 6.82. The highest BCUT2D eigenvalue weighted by molar-refractivity contribution is 5.87. The van der Waals surface area contributed by atoms with Crippen LogP contribution in [0.15, 0.2) is 48.5 Å². The molecule has 1 fully saturated rings. The van der Waals surface area contributed by atoms with Crippen LogP contribution in [0.3, 0.4) is 0 Å². The number of carboxylic acids is 1. The number of alkyl halides is 3. The molecular weight excluding hydrogens is 347 g/mol. The quantitative estimate of drug-likeness (QED) is 0.853. The van der Waals surface area contributed by atoms with E-state index < -0.39 is 17.7 Å². The molecule has 3 rings (SSSR count). The fraction of sp³-hybridized carbons (Fsp3) is 0.263. The van der Waals surface area contributed by atoms with Crippen LogP contribution in [-0.4, -0.2) is 23.0 Å². The Morgan fingerprint density at radius 1 is 1.08 bits per heavy atom. The van der Waals surface area contributed by atoms with Gasteiger partial charge in [-0.15, -0.1) is 0 Å². The fourth-order valence-electron chi connectivity index (χ4n) is 2.99. The monoisotopic (exact) mass is 363 g/mol. The van der Waals surface area contributed by atoms with E-state index in [0.29, 0.717) is 12.0 Å². The van der Waals surface area contributed by atoms with E-state index in [-0.39, 0.29) is 35.4 Å². The number of amides is 1. The highest BCUT2D eigenvalue weighted by atomic mass is 19.4. The Hall–Kier alpha value is -2.83. The average Bonchev–Trinajstić information content (AvgIpc) is 3.33. The molecule has 1 aliphatic rings. The third-order valence-electron chi connectivity index (χ3n) is 4.37. The van der Waals surface area contributed by atoms with Crippen LogP contribution in [-0.2, 0) is 17.4 Å². The molecule has 1 amide bonds. The largest absolute Gasteiger partial charge is 0.478 e. The molecule has 1 aliphatic carbocycles. The van der Waals surface area contributed by atoms with Crippen LogP contribution in [0.4, 0.5) is 13.2 Å². The molecule has 0 saturated heterocycles.